The van der Waals surface area contributed by atoms with Gasteiger partial charge in [0, 0.05) is 28.0 Å². The monoisotopic (exact) mass is 379 g/mol. The Morgan fingerprint density at radius 3 is 2.38 bits per heavy atom. The van der Waals surface area contributed by atoms with Gasteiger partial charge in [-0.1, -0.05) is 35.0 Å². The van der Waals surface area contributed by atoms with E-state index in [0.717, 1.165) is 28.8 Å². The number of amides is 1. The lowest BCUT2D eigenvalue weighted by atomic mass is 10.3. The minimum atomic E-state index is -0.0800. The van der Waals surface area contributed by atoms with Crippen LogP contribution in [0, 0.1) is 0 Å². The second-order valence-corrected chi connectivity index (χ2v) is 7.13. The van der Waals surface area contributed by atoms with Gasteiger partial charge in [-0.25, -0.2) is 4.99 Å². The maximum absolute atomic E-state index is 12.2. The lowest BCUT2D eigenvalue weighted by molar-refractivity contribution is -0.116. The molecule has 1 saturated heterocycles. The van der Waals surface area contributed by atoms with Crippen molar-refractivity contribution in [2.75, 3.05) is 24.2 Å². The van der Waals surface area contributed by atoms with E-state index in [0.29, 0.717) is 10.0 Å². The summed E-state index contributed by atoms with van der Waals surface area (Å²) in [4.78, 5) is 18.8. The van der Waals surface area contributed by atoms with Crippen LogP contribution >= 0.6 is 35.0 Å². The van der Waals surface area contributed by atoms with Crippen molar-refractivity contribution in [2.24, 2.45) is 4.99 Å². The number of amidine groups is 1. The van der Waals surface area contributed by atoms with Gasteiger partial charge >= 0.3 is 0 Å². The van der Waals surface area contributed by atoms with E-state index < -0.39 is 0 Å². The molecule has 4 nitrogen and oxygen atoms in total. The van der Waals surface area contributed by atoms with Gasteiger partial charge in [-0.2, -0.15) is 0 Å². The zero-order chi connectivity index (χ0) is 16.9. The van der Waals surface area contributed by atoms with Gasteiger partial charge in [0.2, 0.25) is 5.91 Å². The number of thioether (sulfide) groups is 1. The van der Waals surface area contributed by atoms with Crippen molar-refractivity contribution >= 4 is 57.4 Å². The minimum Gasteiger partial charge on any atom is -0.341 e. The van der Waals surface area contributed by atoms with Crippen molar-refractivity contribution < 1.29 is 4.79 Å². The molecule has 1 fully saturated rings. The molecule has 7 heteroatoms. The Morgan fingerprint density at radius 2 is 1.71 bits per heavy atom. The number of halogens is 2. The number of nitrogens with zero attached hydrogens (tertiary/aromatic N) is 2. The molecule has 0 aliphatic carbocycles. The van der Waals surface area contributed by atoms with Crippen molar-refractivity contribution in [3.05, 3.63) is 58.6 Å². The molecule has 1 aliphatic heterocycles. The van der Waals surface area contributed by atoms with Crippen LogP contribution in [0.3, 0.4) is 0 Å². The highest BCUT2D eigenvalue weighted by Gasteiger charge is 2.22. The molecular formula is C17H15Cl2N3OS. The Balaban J connectivity index is 1.63. The van der Waals surface area contributed by atoms with Gasteiger partial charge in [-0.05, 0) is 48.5 Å². The van der Waals surface area contributed by atoms with Crippen LogP contribution in [0.25, 0.3) is 0 Å². The first-order chi connectivity index (χ1) is 11.6. The number of hydrogen-bond donors (Lipinski definition) is 1. The molecule has 0 aromatic heterocycles. The Labute approximate surface area is 154 Å². The Hall–Kier alpha value is -1.69. The van der Waals surface area contributed by atoms with Gasteiger partial charge in [0.05, 0.1) is 12.2 Å². The van der Waals surface area contributed by atoms with Gasteiger partial charge in [0.25, 0.3) is 0 Å². The average molecular weight is 380 g/mol. The first-order valence-corrected chi connectivity index (χ1v) is 9.12. The predicted molar refractivity (Wildman–Crippen MR) is 103 cm³/mol. The molecule has 1 amide bonds. The van der Waals surface area contributed by atoms with Crippen molar-refractivity contribution in [2.45, 2.75) is 0 Å². The maximum atomic E-state index is 12.2. The van der Waals surface area contributed by atoms with Gasteiger partial charge in [0.1, 0.15) is 0 Å². The van der Waals surface area contributed by atoms with E-state index in [4.69, 9.17) is 23.2 Å². The largest absolute Gasteiger partial charge is 0.341 e. The van der Waals surface area contributed by atoms with Gasteiger partial charge in [0.15, 0.2) is 5.17 Å². The number of nitrogens with one attached hydrogen (secondary N) is 1. The topological polar surface area (TPSA) is 44.7 Å². The molecule has 0 spiro atoms. The van der Waals surface area contributed by atoms with Crippen molar-refractivity contribution in [3.63, 3.8) is 0 Å². The molecule has 0 atom stereocenters. The fraction of sp³-hybridized carbons (Fsp3) is 0.176. The Bertz CT molecular complexity index is 747. The Morgan fingerprint density at radius 1 is 1.08 bits per heavy atom. The third-order valence-electron chi connectivity index (χ3n) is 3.38. The highest BCUT2D eigenvalue weighted by molar-refractivity contribution is 8.14. The molecule has 0 radical (unpaired) electrons. The fourth-order valence-electron chi connectivity index (χ4n) is 2.22. The van der Waals surface area contributed by atoms with Crippen LogP contribution < -0.4 is 5.32 Å². The van der Waals surface area contributed by atoms with E-state index >= 15 is 0 Å². The van der Waals surface area contributed by atoms with Crippen LogP contribution in [0.2, 0.25) is 10.0 Å². The second-order valence-electron chi connectivity index (χ2n) is 5.20. The molecular weight excluding hydrogens is 365 g/mol. The standard InChI is InChI=1S/C17H15Cl2N3OS/c18-12-1-5-14(6-2-12)20-16(23)11-22-9-10-24-17(22)21-15-7-3-13(19)4-8-15/h1-8H,9-11H2,(H,20,23). The smallest absolute Gasteiger partial charge is 0.243 e. The highest BCUT2D eigenvalue weighted by Crippen LogP contribution is 2.24. The van der Waals surface area contributed by atoms with E-state index in [1.54, 1.807) is 48.2 Å². The molecule has 24 heavy (non-hydrogen) atoms. The summed E-state index contributed by atoms with van der Waals surface area (Å²) in [5, 5.41) is 5.04. The van der Waals surface area contributed by atoms with Gasteiger partial charge in [-0.3, -0.25) is 4.79 Å². The van der Waals surface area contributed by atoms with Crippen LogP contribution in [0.4, 0.5) is 11.4 Å². The number of anilines is 1. The number of carbonyl (C=O) groups excluding carboxylic acids is 1. The van der Waals surface area contributed by atoms with Crippen LogP contribution in [0.1, 0.15) is 0 Å². The third-order valence-corrected chi connectivity index (χ3v) is 4.88. The van der Waals surface area contributed by atoms with E-state index in [9.17, 15) is 4.79 Å². The van der Waals surface area contributed by atoms with Crippen LogP contribution in [-0.2, 0) is 4.79 Å². The summed E-state index contributed by atoms with van der Waals surface area (Å²) in [5.41, 5.74) is 1.55. The van der Waals surface area contributed by atoms with Gasteiger partial charge < -0.3 is 10.2 Å². The molecule has 2 aromatic carbocycles. The zero-order valence-corrected chi connectivity index (χ0v) is 15.0. The number of hydrogen-bond acceptors (Lipinski definition) is 3. The Kier molecular flexibility index (Phi) is 5.66. The summed E-state index contributed by atoms with van der Waals surface area (Å²) in [6, 6.07) is 14.4. The summed E-state index contributed by atoms with van der Waals surface area (Å²) in [5.74, 6) is 0.837. The SMILES string of the molecule is O=C(CN1CCSC1=Nc1ccc(Cl)cc1)Nc1ccc(Cl)cc1. The highest BCUT2D eigenvalue weighted by atomic mass is 35.5. The third kappa shape index (κ3) is 4.66. The summed E-state index contributed by atoms with van der Waals surface area (Å²) >= 11 is 13.4. The molecule has 2 aromatic rings. The molecule has 0 saturated carbocycles. The van der Waals surface area contributed by atoms with E-state index in [1.165, 1.54) is 0 Å². The zero-order valence-electron chi connectivity index (χ0n) is 12.7. The lowest BCUT2D eigenvalue weighted by Crippen LogP contribution is -2.33. The first-order valence-electron chi connectivity index (χ1n) is 7.37. The van der Waals surface area contributed by atoms with Gasteiger partial charge in [-0.15, -0.1) is 0 Å². The van der Waals surface area contributed by atoms with Crippen molar-refractivity contribution in [1.29, 1.82) is 0 Å². The summed E-state index contributed by atoms with van der Waals surface area (Å²) < 4.78 is 0. The summed E-state index contributed by atoms with van der Waals surface area (Å²) in [7, 11) is 0. The molecule has 1 N–H and O–H groups in total. The lowest BCUT2D eigenvalue weighted by Gasteiger charge is -2.17. The van der Waals surface area contributed by atoms with Crippen LogP contribution in [-0.4, -0.2) is 34.8 Å². The van der Waals surface area contributed by atoms with Crippen molar-refractivity contribution in [1.82, 2.24) is 4.90 Å². The number of rotatable bonds is 4. The van der Waals surface area contributed by atoms with Crippen LogP contribution in [0.15, 0.2) is 53.5 Å². The maximum Gasteiger partial charge on any atom is 0.243 e. The predicted octanol–water partition coefficient (Wildman–Crippen LogP) is 4.67. The van der Waals surface area contributed by atoms with Crippen molar-refractivity contribution in [3.8, 4) is 0 Å². The molecule has 1 heterocycles. The van der Waals surface area contributed by atoms with E-state index in [2.05, 4.69) is 10.3 Å². The molecule has 124 valence electrons. The van der Waals surface area contributed by atoms with E-state index in [1.807, 2.05) is 17.0 Å². The number of carbonyl (C=O) groups is 1. The van der Waals surface area contributed by atoms with Crippen LogP contribution in [0.5, 0.6) is 0 Å². The molecule has 3 rings (SSSR count). The quantitative estimate of drug-likeness (QED) is 0.839. The van der Waals surface area contributed by atoms with E-state index in [-0.39, 0.29) is 12.5 Å². The second kappa shape index (κ2) is 7.92. The summed E-state index contributed by atoms with van der Waals surface area (Å²) in [6.07, 6.45) is 0. The number of aliphatic imine (C=N–C) groups is 1. The molecule has 0 unspecified atom stereocenters. The molecule has 0 bridgehead atoms. The normalized spacial score (nSPS) is 15.8. The minimum absolute atomic E-state index is 0.0800. The number of benzene rings is 2. The summed E-state index contributed by atoms with van der Waals surface area (Å²) in [6.45, 7) is 1.06. The first kappa shape index (κ1) is 17.1. The molecule has 1 aliphatic rings. The fourth-order valence-corrected chi connectivity index (χ4v) is 3.47. The average Bonchev–Trinajstić information content (AvgIpc) is 2.98.